The van der Waals surface area contributed by atoms with Crippen molar-refractivity contribution in [1.29, 1.82) is 0 Å². The van der Waals surface area contributed by atoms with Gasteiger partial charge in [0.25, 0.3) is 0 Å². The van der Waals surface area contributed by atoms with E-state index < -0.39 is 17.7 Å². The molecule has 5 rings (SSSR count). The number of carboxylic acids is 2. The van der Waals surface area contributed by atoms with Crippen molar-refractivity contribution in [3.63, 3.8) is 0 Å². The maximum atomic E-state index is 11.1. The first-order valence-corrected chi connectivity index (χ1v) is 13.2. The first kappa shape index (κ1) is 27.9. The van der Waals surface area contributed by atoms with Crippen molar-refractivity contribution in [3.8, 4) is 33.8 Å². The van der Waals surface area contributed by atoms with Gasteiger partial charge in [-0.3, -0.25) is 0 Å². The fourth-order valence-electron chi connectivity index (χ4n) is 4.65. The Morgan fingerprint density at radius 2 is 0.878 bits per heavy atom. The van der Waals surface area contributed by atoms with Crippen LogP contribution in [0.4, 0.5) is 0 Å². The van der Waals surface area contributed by atoms with E-state index in [4.69, 9.17) is 29.2 Å². The molecule has 0 radical (unpaired) electrons. The topological polar surface area (TPSA) is 112 Å². The van der Waals surface area contributed by atoms with Crippen molar-refractivity contribution in [3.05, 3.63) is 108 Å². The normalized spacial score (nSPS) is 17.6. The molecule has 1 aliphatic heterocycles. The first-order chi connectivity index (χ1) is 19.7. The standard InChI is InChI=1S/C33H30O8/c1-33(2)40-29(19-38-27-15-11-23(12-16-27)21-3-7-25(8-4-21)31(34)35)30(41-33)20-39-28-17-13-24(14-18-28)22-5-9-26(10-6-22)32(36)37/h3-18,29-30H,19-20H2,1-2H3,(H,34,35)(H,36,37)/t29-,30-/m0/s1. The van der Waals surface area contributed by atoms with Crippen LogP contribution in [0.25, 0.3) is 22.3 Å². The van der Waals surface area contributed by atoms with Crippen LogP contribution in [0.2, 0.25) is 0 Å². The molecule has 4 aromatic rings. The van der Waals surface area contributed by atoms with E-state index in [2.05, 4.69) is 0 Å². The Kier molecular flexibility index (Phi) is 8.05. The Bertz CT molecular complexity index is 1380. The van der Waals surface area contributed by atoms with Crippen molar-refractivity contribution < 1.29 is 38.7 Å². The van der Waals surface area contributed by atoms with E-state index in [0.717, 1.165) is 22.3 Å². The number of rotatable bonds is 10. The molecule has 1 saturated heterocycles. The Labute approximate surface area is 237 Å². The predicted octanol–water partition coefficient (Wildman–Crippen LogP) is 6.39. The Balaban J connectivity index is 1.16. The quantitative estimate of drug-likeness (QED) is 0.232. The van der Waals surface area contributed by atoms with Gasteiger partial charge in [0.15, 0.2) is 5.79 Å². The van der Waals surface area contributed by atoms with E-state index in [1.807, 2.05) is 62.4 Å². The van der Waals surface area contributed by atoms with Gasteiger partial charge in [0, 0.05) is 0 Å². The highest BCUT2D eigenvalue weighted by atomic mass is 16.8. The Morgan fingerprint density at radius 3 is 1.17 bits per heavy atom. The van der Waals surface area contributed by atoms with Crippen LogP contribution in [0.5, 0.6) is 11.5 Å². The molecule has 1 fully saturated rings. The lowest BCUT2D eigenvalue weighted by molar-refractivity contribution is -0.150. The molecular formula is C33H30O8. The van der Waals surface area contributed by atoms with Crippen LogP contribution in [0, 0.1) is 0 Å². The maximum Gasteiger partial charge on any atom is 0.335 e. The van der Waals surface area contributed by atoms with E-state index in [-0.39, 0.29) is 36.5 Å². The van der Waals surface area contributed by atoms with E-state index in [9.17, 15) is 9.59 Å². The van der Waals surface area contributed by atoms with Crippen LogP contribution >= 0.6 is 0 Å². The smallest absolute Gasteiger partial charge is 0.335 e. The van der Waals surface area contributed by atoms with Crippen molar-refractivity contribution in [1.82, 2.24) is 0 Å². The third-order valence-electron chi connectivity index (χ3n) is 6.75. The monoisotopic (exact) mass is 554 g/mol. The van der Waals surface area contributed by atoms with Gasteiger partial charge >= 0.3 is 11.9 Å². The molecule has 0 aromatic heterocycles. The number of benzene rings is 4. The van der Waals surface area contributed by atoms with Crippen molar-refractivity contribution in [2.24, 2.45) is 0 Å². The summed E-state index contributed by atoms with van der Waals surface area (Å²) in [6, 6.07) is 28.6. The largest absolute Gasteiger partial charge is 0.491 e. The molecule has 8 nitrogen and oxygen atoms in total. The van der Waals surface area contributed by atoms with Gasteiger partial charge in [-0.15, -0.1) is 0 Å². The van der Waals surface area contributed by atoms with Crippen LogP contribution in [0.3, 0.4) is 0 Å². The Hall–Kier alpha value is -4.66. The highest BCUT2D eigenvalue weighted by Crippen LogP contribution is 2.30. The summed E-state index contributed by atoms with van der Waals surface area (Å²) in [7, 11) is 0. The fourth-order valence-corrected chi connectivity index (χ4v) is 4.65. The third kappa shape index (κ3) is 6.92. The third-order valence-corrected chi connectivity index (χ3v) is 6.75. The molecular weight excluding hydrogens is 524 g/mol. The zero-order chi connectivity index (χ0) is 29.0. The zero-order valence-corrected chi connectivity index (χ0v) is 22.7. The summed E-state index contributed by atoms with van der Waals surface area (Å²) in [5.41, 5.74) is 4.22. The molecule has 2 N–H and O–H groups in total. The van der Waals surface area contributed by atoms with Gasteiger partial charge in [0.1, 0.15) is 36.9 Å². The predicted molar refractivity (Wildman–Crippen MR) is 152 cm³/mol. The average Bonchev–Trinajstić information content (AvgIpc) is 3.28. The van der Waals surface area contributed by atoms with Crippen LogP contribution < -0.4 is 9.47 Å². The van der Waals surface area contributed by atoms with Gasteiger partial charge in [0.05, 0.1) is 11.1 Å². The number of carboxylic acid groups (broad SMARTS) is 2. The molecule has 8 heteroatoms. The van der Waals surface area contributed by atoms with Crippen molar-refractivity contribution >= 4 is 11.9 Å². The number of ether oxygens (including phenoxy) is 4. The van der Waals surface area contributed by atoms with Gasteiger partial charge in [-0.05, 0) is 84.6 Å². The zero-order valence-electron chi connectivity index (χ0n) is 22.7. The number of carbonyl (C=O) groups is 2. The molecule has 0 spiro atoms. The highest BCUT2D eigenvalue weighted by molar-refractivity contribution is 5.89. The highest BCUT2D eigenvalue weighted by Gasteiger charge is 2.42. The summed E-state index contributed by atoms with van der Waals surface area (Å²) in [4.78, 5) is 22.2. The molecule has 1 aliphatic rings. The molecule has 1 heterocycles. The summed E-state index contributed by atoms with van der Waals surface area (Å²) in [6.07, 6.45) is -0.694. The van der Waals surface area contributed by atoms with Crippen LogP contribution in [-0.2, 0) is 9.47 Å². The van der Waals surface area contributed by atoms with Crippen LogP contribution in [-0.4, -0.2) is 53.4 Å². The van der Waals surface area contributed by atoms with E-state index >= 15 is 0 Å². The fraction of sp³-hybridized carbons (Fsp3) is 0.212. The minimum atomic E-state index is -0.953. The van der Waals surface area contributed by atoms with E-state index in [1.54, 1.807) is 48.5 Å². The average molecular weight is 555 g/mol. The Morgan fingerprint density at radius 1 is 0.585 bits per heavy atom. The summed E-state index contributed by atoms with van der Waals surface area (Å²) in [5.74, 6) is -1.33. The first-order valence-electron chi connectivity index (χ1n) is 13.2. The number of hydrogen-bond acceptors (Lipinski definition) is 6. The number of aromatic carboxylic acids is 2. The van der Waals surface area contributed by atoms with Crippen LogP contribution in [0.15, 0.2) is 97.1 Å². The molecule has 4 aromatic carbocycles. The van der Waals surface area contributed by atoms with Crippen molar-refractivity contribution in [2.45, 2.75) is 31.8 Å². The molecule has 0 unspecified atom stereocenters. The lowest BCUT2D eigenvalue weighted by Crippen LogP contribution is -2.33. The minimum Gasteiger partial charge on any atom is -0.491 e. The molecule has 2 atom stereocenters. The van der Waals surface area contributed by atoms with Gasteiger partial charge in [-0.25, -0.2) is 9.59 Å². The number of hydrogen-bond donors (Lipinski definition) is 2. The minimum absolute atomic E-state index is 0.246. The molecule has 41 heavy (non-hydrogen) atoms. The SMILES string of the molecule is CC1(C)O[C@@H](COc2ccc(-c3ccc(C(=O)O)cc3)cc2)[C@H](COc2ccc(-c3ccc(C(=O)O)cc3)cc2)O1. The summed E-state index contributed by atoms with van der Waals surface area (Å²) in [5, 5.41) is 18.2. The molecule has 0 amide bonds. The summed E-state index contributed by atoms with van der Waals surface area (Å²) in [6.45, 7) is 4.26. The molecule has 0 bridgehead atoms. The lowest BCUT2D eigenvalue weighted by Gasteiger charge is -2.18. The van der Waals surface area contributed by atoms with Gasteiger partial charge in [-0.2, -0.15) is 0 Å². The van der Waals surface area contributed by atoms with Crippen molar-refractivity contribution in [2.75, 3.05) is 13.2 Å². The summed E-state index contributed by atoms with van der Waals surface area (Å²) < 4.78 is 24.2. The second kappa shape index (κ2) is 11.8. The second-order valence-corrected chi connectivity index (χ2v) is 10.1. The van der Waals surface area contributed by atoms with E-state index in [1.165, 1.54) is 0 Å². The molecule has 210 valence electrons. The lowest BCUT2D eigenvalue weighted by atomic mass is 10.0. The maximum absolute atomic E-state index is 11.1. The van der Waals surface area contributed by atoms with Gasteiger partial charge in [0.2, 0.25) is 0 Å². The summed E-state index contributed by atoms with van der Waals surface area (Å²) >= 11 is 0. The second-order valence-electron chi connectivity index (χ2n) is 10.1. The van der Waals surface area contributed by atoms with Gasteiger partial charge < -0.3 is 29.2 Å². The van der Waals surface area contributed by atoms with E-state index in [0.29, 0.717) is 11.5 Å². The molecule has 0 aliphatic carbocycles. The van der Waals surface area contributed by atoms with Crippen LogP contribution in [0.1, 0.15) is 34.6 Å². The van der Waals surface area contributed by atoms with Gasteiger partial charge in [-0.1, -0.05) is 48.5 Å². The molecule has 0 saturated carbocycles.